The number of halogens is 3. The van der Waals surface area contributed by atoms with Crippen LogP contribution in [0.2, 0.25) is 0 Å². The number of benzene rings is 1. The van der Waals surface area contributed by atoms with Crippen LogP contribution in [0.4, 0.5) is 13.2 Å². The van der Waals surface area contributed by atoms with E-state index in [1.165, 1.54) is 12.1 Å². The Kier molecular flexibility index (Phi) is 3.66. The molecule has 0 aromatic heterocycles. The zero-order valence-corrected chi connectivity index (χ0v) is 10.5. The van der Waals surface area contributed by atoms with E-state index in [9.17, 15) is 13.2 Å². The highest BCUT2D eigenvalue weighted by molar-refractivity contribution is 5.26. The van der Waals surface area contributed by atoms with Gasteiger partial charge in [0.25, 0.3) is 0 Å². The molecule has 0 atom stereocenters. The lowest BCUT2D eigenvalue weighted by Gasteiger charge is -2.43. The average Bonchev–Trinajstić information content (AvgIpc) is 2.26. The maximum Gasteiger partial charge on any atom is 0.416 e. The van der Waals surface area contributed by atoms with Gasteiger partial charge in [0.05, 0.1) is 5.56 Å². The third-order valence-corrected chi connectivity index (χ3v) is 3.64. The normalized spacial score (nSPS) is 18.4. The lowest BCUT2D eigenvalue weighted by atomic mass is 9.73. The molecule has 1 aliphatic rings. The summed E-state index contributed by atoms with van der Waals surface area (Å²) in [7, 11) is 0. The quantitative estimate of drug-likeness (QED) is 0.868. The molecular weight excluding hydrogens is 239 g/mol. The topological polar surface area (TPSA) is 12.0 Å². The molecule has 1 nitrogen and oxygen atoms in total. The van der Waals surface area contributed by atoms with Gasteiger partial charge in [-0.25, -0.2) is 0 Å². The van der Waals surface area contributed by atoms with Crippen molar-refractivity contribution in [3.8, 4) is 0 Å². The first-order valence-corrected chi connectivity index (χ1v) is 6.32. The molecule has 4 heteroatoms. The third-order valence-electron chi connectivity index (χ3n) is 3.64. The van der Waals surface area contributed by atoms with Crippen molar-refractivity contribution in [3.05, 3.63) is 35.4 Å². The van der Waals surface area contributed by atoms with Gasteiger partial charge >= 0.3 is 6.18 Å². The van der Waals surface area contributed by atoms with Crippen LogP contribution >= 0.6 is 0 Å². The van der Waals surface area contributed by atoms with Crippen molar-refractivity contribution in [2.45, 2.75) is 32.4 Å². The number of alkyl halides is 3. The Morgan fingerprint density at radius 3 is 2.17 bits per heavy atom. The smallest absolute Gasteiger partial charge is 0.316 e. The van der Waals surface area contributed by atoms with Crippen LogP contribution in [0.25, 0.3) is 0 Å². The molecule has 0 aliphatic carbocycles. The first-order chi connectivity index (χ1) is 8.45. The van der Waals surface area contributed by atoms with Crippen LogP contribution in [0.1, 0.15) is 30.9 Å². The van der Waals surface area contributed by atoms with Crippen LogP contribution in [0.5, 0.6) is 0 Å². The molecular formula is C14H18F3N. The van der Waals surface area contributed by atoms with Gasteiger partial charge < -0.3 is 5.32 Å². The lowest BCUT2D eigenvalue weighted by Crippen LogP contribution is -2.54. The van der Waals surface area contributed by atoms with E-state index in [1.807, 2.05) is 0 Å². The largest absolute Gasteiger partial charge is 0.416 e. The van der Waals surface area contributed by atoms with E-state index in [-0.39, 0.29) is 5.41 Å². The number of hydrogen-bond donors (Lipinski definition) is 1. The van der Waals surface area contributed by atoms with Crippen LogP contribution in [0.15, 0.2) is 24.3 Å². The van der Waals surface area contributed by atoms with E-state index in [4.69, 9.17) is 0 Å². The van der Waals surface area contributed by atoms with Gasteiger partial charge in [-0.3, -0.25) is 0 Å². The van der Waals surface area contributed by atoms with Gasteiger partial charge in [-0.05, 0) is 36.0 Å². The van der Waals surface area contributed by atoms with Gasteiger partial charge in [-0.1, -0.05) is 25.5 Å². The second kappa shape index (κ2) is 4.92. The fraction of sp³-hybridized carbons (Fsp3) is 0.571. The Hall–Kier alpha value is -1.03. The summed E-state index contributed by atoms with van der Waals surface area (Å²) in [5, 5.41) is 3.26. The van der Waals surface area contributed by atoms with E-state index in [2.05, 4.69) is 12.2 Å². The summed E-state index contributed by atoms with van der Waals surface area (Å²) in [5.41, 5.74) is 0.689. The zero-order valence-electron chi connectivity index (χ0n) is 10.5. The van der Waals surface area contributed by atoms with Crippen LogP contribution in [-0.2, 0) is 12.6 Å². The molecule has 100 valence electrons. The molecule has 0 spiro atoms. The second-order valence-electron chi connectivity index (χ2n) is 5.23. The number of rotatable bonds is 4. The lowest BCUT2D eigenvalue weighted by molar-refractivity contribution is -0.137. The highest BCUT2D eigenvalue weighted by Crippen LogP contribution is 2.34. The summed E-state index contributed by atoms with van der Waals surface area (Å²) in [6.07, 6.45) is -1.13. The third kappa shape index (κ3) is 2.86. The molecule has 0 unspecified atom stereocenters. The molecule has 1 fully saturated rings. The number of hydrogen-bond acceptors (Lipinski definition) is 1. The minimum atomic E-state index is -4.24. The Morgan fingerprint density at radius 2 is 1.78 bits per heavy atom. The molecule has 1 aromatic rings. The van der Waals surface area contributed by atoms with Crippen molar-refractivity contribution in [1.29, 1.82) is 0 Å². The van der Waals surface area contributed by atoms with Crippen molar-refractivity contribution >= 4 is 0 Å². The fourth-order valence-electron chi connectivity index (χ4n) is 2.64. The van der Waals surface area contributed by atoms with Gasteiger partial charge in [-0.2, -0.15) is 13.2 Å². The predicted octanol–water partition coefficient (Wildman–Crippen LogP) is 3.64. The summed E-state index contributed by atoms with van der Waals surface area (Å²) < 4.78 is 37.3. The number of nitrogens with one attached hydrogen (secondary N) is 1. The zero-order chi connectivity index (χ0) is 13.2. The van der Waals surface area contributed by atoms with Crippen molar-refractivity contribution < 1.29 is 13.2 Å². The Labute approximate surface area is 105 Å². The summed E-state index contributed by atoms with van der Waals surface area (Å²) in [4.78, 5) is 0. The summed E-state index contributed by atoms with van der Waals surface area (Å²) in [6.45, 7) is 4.09. The summed E-state index contributed by atoms with van der Waals surface area (Å²) in [6, 6.07) is 5.58. The first-order valence-electron chi connectivity index (χ1n) is 6.32. The average molecular weight is 257 g/mol. The molecule has 1 saturated heterocycles. The molecule has 0 saturated carbocycles. The molecule has 1 N–H and O–H groups in total. The van der Waals surface area contributed by atoms with Crippen LogP contribution in [0.3, 0.4) is 0 Å². The van der Waals surface area contributed by atoms with Crippen molar-refractivity contribution in [1.82, 2.24) is 5.32 Å². The summed E-state index contributed by atoms with van der Waals surface area (Å²) in [5.74, 6) is 0. The fourth-order valence-corrected chi connectivity index (χ4v) is 2.64. The highest BCUT2D eigenvalue weighted by Gasteiger charge is 2.36. The van der Waals surface area contributed by atoms with Crippen molar-refractivity contribution in [2.24, 2.45) is 5.41 Å². The molecule has 1 heterocycles. The summed E-state index contributed by atoms with van der Waals surface area (Å²) >= 11 is 0. The minimum absolute atomic E-state index is 0.258. The van der Waals surface area contributed by atoms with Gasteiger partial charge in [0.2, 0.25) is 0 Å². The van der Waals surface area contributed by atoms with E-state index < -0.39 is 11.7 Å². The maximum atomic E-state index is 12.4. The Balaban J connectivity index is 2.06. The molecule has 1 aliphatic heterocycles. The standard InChI is InChI=1S/C14H18F3N/c1-2-7-13(9-18-10-13)8-11-3-5-12(6-4-11)14(15,16)17/h3-6,18H,2,7-10H2,1H3. The van der Waals surface area contributed by atoms with Gasteiger partial charge in [-0.15, -0.1) is 0 Å². The Morgan fingerprint density at radius 1 is 1.17 bits per heavy atom. The van der Waals surface area contributed by atoms with Gasteiger partial charge in [0.15, 0.2) is 0 Å². The van der Waals surface area contributed by atoms with Crippen LogP contribution in [-0.4, -0.2) is 13.1 Å². The van der Waals surface area contributed by atoms with Gasteiger partial charge in [0.1, 0.15) is 0 Å². The van der Waals surface area contributed by atoms with E-state index in [0.717, 1.165) is 37.9 Å². The van der Waals surface area contributed by atoms with Gasteiger partial charge in [0, 0.05) is 13.1 Å². The molecule has 0 bridgehead atoms. The van der Waals surface area contributed by atoms with Crippen LogP contribution in [0, 0.1) is 5.41 Å². The maximum absolute atomic E-state index is 12.4. The van der Waals surface area contributed by atoms with E-state index in [1.54, 1.807) is 12.1 Å². The molecule has 18 heavy (non-hydrogen) atoms. The molecule has 2 rings (SSSR count). The first kappa shape index (κ1) is 13.4. The Bertz CT molecular complexity index is 390. The van der Waals surface area contributed by atoms with Crippen molar-refractivity contribution in [2.75, 3.05) is 13.1 Å². The highest BCUT2D eigenvalue weighted by atomic mass is 19.4. The second-order valence-corrected chi connectivity index (χ2v) is 5.23. The molecule has 0 amide bonds. The predicted molar refractivity (Wildman–Crippen MR) is 65.4 cm³/mol. The van der Waals surface area contributed by atoms with Crippen molar-refractivity contribution in [3.63, 3.8) is 0 Å². The molecule has 1 aromatic carbocycles. The van der Waals surface area contributed by atoms with E-state index in [0.29, 0.717) is 0 Å². The van der Waals surface area contributed by atoms with E-state index >= 15 is 0 Å². The minimum Gasteiger partial charge on any atom is -0.316 e. The molecule has 0 radical (unpaired) electrons. The van der Waals surface area contributed by atoms with Crippen LogP contribution < -0.4 is 5.32 Å². The SMILES string of the molecule is CCCC1(Cc2ccc(C(F)(F)F)cc2)CNC1. The monoisotopic (exact) mass is 257 g/mol.